The highest BCUT2D eigenvalue weighted by atomic mass is 32.2. The maximum atomic E-state index is 12.7. The molecule has 1 atom stereocenters. The number of nitrogens with zero attached hydrogens (tertiary/aromatic N) is 1. The van der Waals surface area contributed by atoms with E-state index in [9.17, 15) is 31.5 Å². The van der Waals surface area contributed by atoms with Crippen LogP contribution in [0.5, 0.6) is 5.75 Å². The third-order valence-electron chi connectivity index (χ3n) is 3.52. The maximum Gasteiger partial charge on any atom is 0.425 e. The van der Waals surface area contributed by atoms with Gasteiger partial charge in [-0.3, -0.25) is 4.79 Å². The fraction of sp³-hybridized carbons (Fsp3) is 0.500. The van der Waals surface area contributed by atoms with E-state index in [2.05, 4.69) is 0 Å². The molecule has 2 rings (SSSR count). The molecule has 134 valence electrons. The highest BCUT2D eigenvalue weighted by molar-refractivity contribution is 7.90. The number of ether oxygens (including phenoxy) is 1. The van der Waals surface area contributed by atoms with Crippen LogP contribution in [0.1, 0.15) is 17.3 Å². The van der Waals surface area contributed by atoms with Gasteiger partial charge in [0.2, 0.25) is 0 Å². The van der Waals surface area contributed by atoms with E-state index < -0.39 is 34.1 Å². The van der Waals surface area contributed by atoms with Gasteiger partial charge in [0.1, 0.15) is 5.75 Å². The molecule has 1 amide bonds. The van der Waals surface area contributed by atoms with Crippen molar-refractivity contribution in [1.29, 1.82) is 0 Å². The number of benzene rings is 1. The molecule has 0 radical (unpaired) electrons. The number of hydrogen-bond acceptors (Lipinski definition) is 5. The van der Waals surface area contributed by atoms with Crippen molar-refractivity contribution in [3.8, 4) is 5.75 Å². The summed E-state index contributed by atoms with van der Waals surface area (Å²) in [7, 11) is -3.66. The number of aliphatic hydroxyl groups excluding tert-OH is 1. The number of carbonyl (C=O) groups is 1. The molecule has 1 aromatic carbocycles. The molecule has 0 bridgehead atoms. The van der Waals surface area contributed by atoms with Crippen LogP contribution >= 0.6 is 0 Å². The van der Waals surface area contributed by atoms with Crippen molar-refractivity contribution < 1.29 is 36.2 Å². The minimum Gasteiger partial charge on any atom is -0.480 e. The van der Waals surface area contributed by atoms with Gasteiger partial charge in [-0.2, -0.15) is 13.2 Å². The molecule has 1 heterocycles. The van der Waals surface area contributed by atoms with Crippen LogP contribution in [0, 0.1) is 0 Å². The van der Waals surface area contributed by atoms with Crippen LogP contribution in [0.3, 0.4) is 0 Å². The van der Waals surface area contributed by atoms with Gasteiger partial charge in [-0.15, -0.1) is 0 Å². The Hall–Kier alpha value is -1.81. The van der Waals surface area contributed by atoms with Crippen LogP contribution in [0.15, 0.2) is 23.1 Å². The van der Waals surface area contributed by atoms with Gasteiger partial charge in [0.15, 0.2) is 15.9 Å². The molecule has 6 nitrogen and oxygen atoms in total. The van der Waals surface area contributed by atoms with Crippen molar-refractivity contribution in [3.05, 3.63) is 23.8 Å². The highest BCUT2D eigenvalue weighted by Crippen LogP contribution is 2.30. The molecular formula is C14H16F3NO5S. The summed E-state index contributed by atoms with van der Waals surface area (Å²) in [5.41, 5.74) is -0.291. The van der Waals surface area contributed by atoms with Crippen molar-refractivity contribution >= 4 is 15.7 Å². The van der Waals surface area contributed by atoms with Crippen molar-refractivity contribution in [2.24, 2.45) is 0 Å². The molecule has 1 fully saturated rings. The lowest BCUT2D eigenvalue weighted by Gasteiger charge is -2.36. The topological polar surface area (TPSA) is 83.9 Å². The first-order valence-corrected chi connectivity index (χ1v) is 8.83. The number of rotatable bonds is 4. The van der Waals surface area contributed by atoms with Crippen LogP contribution < -0.4 is 4.74 Å². The zero-order valence-corrected chi connectivity index (χ0v) is 13.7. The molecular weight excluding hydrogens is 351 g/mol. The molecule has 1 aromatic rings. The fourth-order valence-electron chi connectivity index (χ4n) is 2.06. The number of hydrogen-bond donors (Lipinski definition) is 1. The zero-order valence-electron chi connectivity index (χ0n) is 12.9. The summed E-state index contributed by atoms with van der Waals surface area (Å²) in [6, 6.07) is 3.10. The van der Waals surface area contributed by atoms with Gasteiger partial charge in [-0.05, 0) is 25.1 Å². The summed E-state index contributed by atoms with van der Waals surface area (Å²) in [4.78, 5) is 13.3. The highest BCUT2D eigenvalue weighted by Gasteiger charge is 2.39. The van der Waals surface area contributed by atoms with Gasteiger partial charge in [-0.1, -0.05) is 0 Å². The van der Waals surface area contributed by atoms with E-state index in [-0.39, 0.29) is 29.3 Å². The molecule has 1 N–H and O–H groups in total. The van der Waals surface area contributed by atoms with E-state index >= 15 is 0 Å². The Labute approximate surface area is 136 Å². The number of amides is 1. The molecule has 1 saturated heterocycles. The Morgan fingerprint density at radius 1 is 1.38 bits per heavy atom. The average Bonchev–Trinajstić information content (AvgIpc) is 2.41. The first-order chi connectivity index (χ1) is 10.9. The zero-order chi connectivity index (χ0) is 18.3. The second kappa shape index (κ2) is 6.25. The van der Waals surface area contributed by atoms with E-state index in [4.69, 9.17) is 4.74 Å². The van der Waals surface area contributed by atoms with Crippen molar-refractivity contribution in [2.75, 3.05) is 19.3 Å². The number of likely N-dealkylation sites (tertiary alicyclic amines) is 1. The SMILES string of the molecule is C[C@@H](Oc1ccc(S(C)(=O)=O)cc1C(=O)N1CC(O)C1)C(F)(F)F. The molecule has 10 heteroatoms. The van der Waals surface area contributed by atoms with Crippen molar-refractivity contribution in [3.63, 3.8) is 0 Å². The van der Waals surface area contributed by atoms with Crippen LogP contribution in [-0.4, -0.2) is 62.1 Å². The van der Waals surface area contributed by atoms with E-state index in [1.165, 1.54) is 4.90 Å². The minimum atomic E-state index is -4.64. The third-order valence-corrected chi connectivity index (χ3v) is 4.63. The van der Waals surface area contributed by atoms with Crippen LogP contribution in [0.25, 0.3) is 0 Å². The Kier molecular flexibility index (Phi) is 4.82. The Morgan fingerprint density at radius 2 is 1.96 bits per heavy atom. The fourth-order valence-corrected chi connectivity index (χ4v) is 2.71. The summed E-state index contributed by atoms with van der Waals surface area (Å²) in [5, 5.41) is 9.25. The van der Waals surface area contributed by atoms with Crippen LogP contribution in [0.2, 0.25) is 0 Å². The Balaban J connectivity index is 2.40. The molecule has 0 aromatic heterocycles. The van der Waals surface area contributed by atoms with Crippen LogP contribution in [0.4, 0.5) is 13.2 Å². The molecule has 0 saturated carbocycles. The van der Waals surface area contributed by atoms with E-state index in [1.807, 2.05) is 0 Å². The standard InChI is InChI=1S/C14H16F3NO5S/c1-8(14(15,16)17)23-12-4-3-10(24(2,21)22)5-11(12)13(20)18-6-9(19)7-18/h3-5,8-9,19H,6-7H2,1-2H3/t8-/m1/s1. The van der Waals surface area contributed by atoms with Crippen LogP contribution in [-0.2, 0) is 9.84 Å². The number of β-amino-alcohol motifs (C(OH)–C–C–N with tert-alkyl or cyclic N) is 1. The maximum absolute atomic E-state index is 12.7. The monoisotopic (exact) mass is 367 g/mol. The predicted octanol–water partition coefficient (Wildman–Crippen LogP) is 1.24. The van der Waals surface area contributed by atoms with E-state index in [0.717, 1.165) is 31.4 Å². The first kappa shape index (κ1) is 18.5. The summed E-state index contributed by atoms with van der Waals surface area (Å²) in [5.74, 6) is -1.06. The smallest absolute Gasteiger partial charge is 0.425 e. The van der Waals surface area contributed by atoms with E-state index in [0.29, 0.717) is 0 Å². The molecule has 1 aliphatic heterocycles. The predicted molar refractivity (Wildman–Crippen MR) is 77.6 cm³/mol. The second-order valence-corrected chi connectivity index (χ2v) is 7.61. The number of carbonyl (C=O) groups excluding carboxylic acids is 1. The summed E-state index contributed by atoms with van der Waals surface area (Å²) in [6.07, 6.45) is -6.59. The second-order valence-electron chi connectivity index (χ2n) is 5.60. The molecule has 0 spiro atoms. The lowest BCUT2D eigenvalue weighted by atomic mass is 10.1. The largest absolute Gasteiger partial charge is 0.480 e. The summed E-state index contributed by atoms with van der Waals surface area (Å²) >= 11 is 0. The van der Waals surface area contributed by atoms with Crippen molar-refractivity contribution in [2.45, 2.75) is 30.2 Å². The van der Waals surface area contributed by atoms with Gasteiger partial charge >= 0.3 is 6.18 Å². The van der Waals surface area contributed by atoms with Gasteiger partial charge in [0.05, 0.1) is 16.6 Å². The van der Waals surface area contributed by atoms with E-state index in [1.54, 1.807) is 0 Å². The summed E-state index contributed by atoms with van der Waals surface area (Å²) < 4.78 is 66.1. The average molecular weight is 367 g/mol. The van der Waals surface area contributed by atoms with Crippen molar-refractivity contribution in [1.82, 2.24) is 4.90 Å². The number of alkyl halides is 3. The lowest BCUT2D eigenvalue weighted by molar-refractivity contribution is -0.189. The molecule has 0 unspecified atom stereocenters. The van der Waals surface area contributed by atoms with Gasteiger partial charge in [0.25, 0.3) is 5.91 Å². The normalized spacial score (nSPS) is 17.3. The van der Waals surface area contributed by atoms with Gasteiger partial charge in [0, 0.05) is 19.3 Å². The molecule has 0 aliphatic carbocycles. The third kappa shape index (κ3) is 3.99. The molecule has 1 aliphatic rings. The number of sulfone groups is 1. The number of halogens is 3. The molecule has 24 heavy (non-hydrogen) atoms. The first-order valence-electron chi connectivity index (χ1n) is 6.94. The lowest BCUT2D eigenvalue weighted by Crippen LogP contribution is -2.53. The Morgan fingerprint density at radius 3 is 2.42 bits per heavy atom. The van der Waals surface area contributed by atoms with Gasteiger partial charge < -0.3 is 14.7 Å². The minimum absolute atomic E-state index is 0.0240. The Bertz CT molecular complexity index is 741. The summed E-state index contributed by atoms with van der Waals surface area (Å²) in [6.45, 7) is 0.832. The van der Waals surface area contributed by atoms with Gasteiger partial charge in [-0.25, -0.2) is 8.42 Å². The number of aliphatic hydroxyl groups is 1. The quantitative estimate of drug-likeness (QED) is 0.866.